The van der Waals surface area contributed by atoms with Crippen molar-refractivity contribution in [2.75, 3.05) is 33.9 Å². The zero-order valence-electron chi connectivity index (χ0n) is 11.4. The Labute approximate surface area is 115 Å². The second-order valence-corrected chi connectivity index (χ2v) is 5.14. The van der Waals surface area contributed by atoms with Crippen molar-refractivity contribution < 1.29 is 9.47 Å². The molecule has 0 heterocycles. The lowest BCUT2D eigenvalue weighted by molar-refractivity contribution is 0.235. The van der Waals surface area contributed by atoms with Gasteiger partial charge in [0.1, 0.15) is 18.1 Å². The summed E-state index contributed by atoms with van der Waals surface area (Å²) in [6.45, 7) is 4.59. The van der Waals surface area contributed by atoms with Gasteiger partial charge in [0.05, 0.1) is 7.11 Å². The van der Waals surface area contributed by atoms with E-state index in [0.29, 0.717) is 6.61 Å². The highest BCUT2D eigenvalue weighted by Gasteiger charge is 2.02. The summed E-state index contributed by atoms with van der Waals surface area (Å²) >= 11 is 5.91. The van der Waals surface area contributed by atoms with E-state index >= 15 is 0 Å². The minimum absolute atomic E-state index is 0.231. The average molecular weight is 272 g/mol. The van der Waals surface area contributed by atoms with Crippen LogP contribution in [-0.2, 0) is 0 Å². The van der Waals surface area contributed by atoms with Gasteiger partial charge in [-0.2, -0.15) is 0 Å². The van der Waals surface area contributed by atoms with Crippen molar-refractivity contribution >= 4 is 11.6 Å². The van der Waals surface area contributed by atoms with Crippen LogP contribution >= 0.6 is 11.6 Å². The Kier molecular flexibility index (Phi) is 6.91. The monoisotopic (exact) mass is 271 g/mol. The first-order chi connectivity index (χ1) is 8.61. The maximum Gasteiger partial charge on any atom is 0.119 e. The van der Waals surface area contributed by atoms with Crippen LogP contribution in [0.3, 0.4) is 0 Å². The first-order valence-electron chi connectivity index (χ1n) is 6.21. The molecule has 1 unspecified atom stereocenters. The van der Waals surface area contributed by atoms with Crippen LogP contribution in [0.25, 0.3) is 0 Å². The van der Waals surface area contributed by atoms with Crippen LogP contribution in [0.15, 0.2) is 24.3 Å². The summed E-state index contributed by atoms with van der Waals surface area (Å²) in [5.41, 5.74) is 0. The number of rotatable bonds is 8. The van der Waals surface area contributed by atoms with Crippen LogP contribution in [0.1, 0.15) is 13.3 Å². The van der Waals surface area contributed by atoms with Gasteiger partial charge in [0, 0.05) is 11.9 Å². The Hall–Kier alpha value is -0.930. The third-order valence-corrected chi connectivity index (χ3v) is 2.93. The molecular weight excluding hydrogens is 250 g/mol. The first kappa shape index (κ1) is 15.1. The fraction of sp³-hybridized carbons (Fsp3) is 0.571. The molecule has 4 heteroatoms. The molecule has 0 spiro atoms. The molecule has 3 nitrogen and oxygen atoms in total. The van der Waals surface area contributed by atoms with Crippen molar-refractivity contribution in [1.29, 1.82) is 0 Å². The Bertz CT molecular complexity index is 327. The molecule has 0 saturated carbocycles. The molecule has 0 saturated heterocycles. The number of halogens is 1. The van der Waals surface area contributed by atoms with Gasteiger partial charge < -0.3 is 14.4 Å². The normalized spacial score (nSPS) is 12.5. The molecule has 0 aliphatic carbocycles. The largest absolute Gasteiger partial charge is 0.497 e. The SMILES string of the molecule is COc1ccc(OCCN(C)CCC(C)Cl)cc1. The molecule has 1 aromatic rings. The minimum Gasteiger partial charge on any atom is -0.497 e. The topological polar surface area (TPSA) is 21.7 Å². The lowest BCUT2D eigenvalue weighted by Gasteiger charge is -2.17. The second kappa shape index (κ2) is 8.22. The summed E-state index contributed by atoms with van der Waals surface area (Å²) in [4.78, 5) is 2.22. The highest BCUT2D eigenvalue weighted by molar-refractivity contribution is 6.20. The Morgan fingerprint density at radius 3 is 2.33 bits per heavy atom. The summed E-state index contributed by atoms with van der Waals surface area (Å²) in [6, 6.07) is 7.63. The van der Waals surface area contributed by atoms with E-state index in [1.165, 1.54) is 0 Å². The highest BCUT2D eigenvalue weighted by atomic mass is 35.5. The molecule has 0 radical (unpaired) electrons. The first-order valence-corrected chi connectivity index (χ1v) is 6.65. The Balaban J connectivity index is 2.20. The van der Waals surface area contributed by atoms with E-state index in [4.69, 9.17) is 21.1 Å². The molecule has 18 heavy (non-hydrogen) atoms. The lowest BCUT2D eigenvalue weighted by Crippen LogP contribution is -2.26. The number of methoxy groups -OCH3 is 1. The number of benzene rings is 1. The summed E-state index contributed by atoms with van der Waals surface area (Å²) in [6.07, 6.45) is 1.00. The molecule has 0 fully saturated rings. The van der Waals surface area contributed by atoms with Crippen molar-refractivity contribution in [3.63, 3.8) is 0 Å². The Morgan fingerprint density at radius 2 is 1.78 bits per heavy atom. The summed E-state index contributed by atoms with van der Waals surface area (Å²) < 4.78 is 10.7. The fourth-order valence-corrected chi connectivity index (χ4v) is 1.60. The van der Waals surface area contributed by atoms with Crippen molar-refractivity contribution in [2.45, 2.75) is 18.7 Å². The average Bonchev–Trinajstić information content (AvgIpc) is 2.37. The zero-order chi connectivity index (χ0) is 13.4. The summed E-state index contributed by atoms with van der Waals surface area (Å²) in [7, 11) is 3.74. The molecule has 0 aromatic heterocycles. The predicted octanol–water partition coefficient (Wildman–Crippen LogP) is 3.02. The van der Waals surface area contributed by atoms with Gasteiger partial charge >= 0.3 is 0 Å². The molecule has 1 aromatic carbocycles. The van der Waals surface area contributed by atoms with Crippen molar-refractivity contribution in [1.82, 2.24) is 4.90 Å². The standard InChI is InChI=1S/C14H22ClNO2/c1-12(15)8-9-16(2)10-11-18-14-6-4-13(17-3)5-7-14/h4-7,12H,8-11H2,1-3H3. The van der Waals surface area contributed by atoms with Crippen LogP contribution in [0.2, 0.25) is 0 Å². The number of alkyl halides is 1. The number of ether oxygens (including phenoxy) is 2. The van der Waals surface area contributed by atoms with Gasteiger partial charge in [-0.1, -0.05) is 0 Å². The van der Waals surface area contributed by atoms with Crippen LogP contribution < -0.4 is 9.47 Å². The van der Waals surface area contributed by atoms with Gasteiger partial charge in [-0.05, 0) is 51.2 Å². The van der Waals surface area contributed by atoms with E-state index in [1.54, 1.807) is 7.11 Å². The van der Waals surface area contributed by atoms with Crippen LogP contribution in [-0.4, -0.2) is 44.1 Å². The maximum absolute atomic E-state index is 5.91. The number of nitrogens with zero attached hydrogens (tertiary/aromatic N) is 1. The van der Waals surface area contributed by atoms with E-state index in [1.807, 2.05) is 31.2 Å². The summed E-state index contributed by atoms with van der Waals surface area (Å²) in [5, 5.41) is 0.231. The highest BCUT2D eigenvalue weighted by Crippen LogP contribution is 2.16. The van der Waals surface area contributed by atoms with E-state index in [9.17, 15) is 0 Å². The third kappa shape index (κ3) is 6.12. The van der Waals surface area contributed by atoms with Gasteiger partial charge in [0.15, 0.2) is 0 Å². The zero-order valence-corrected chi connectivity index (χ0v) is 12.1. The lowest BCUT2D eigenvalue weighted by atomic mass is 10.3. The molecular formula is C14H22ClNO2. The van der Waals surface area contributed by atoms with E-state index in [2.05, 4.69) is 11.9 Å². The molecule has 0 aliphatic rings. The summed E-state index contributed by atoms with van der Waals surface area (Å²) in [5.74, 6) is 1.71. The number of hydrogen-bond donors (Lipinski definition) is 0. The van der Waals surface area contributed by atoms with Crippen molar-refractivity contribution in [3.05, 3.63) is 24.3 Å². The van der Waals surface area contributed by atoms with Gasteiger partial charge in [-0.3, -0.25) is 0 Å². The quantitative estimate of drug-likeness (QED) is 0.679. The van der Waals surface area contributed by atoms with Gasteiger partial charge in [0.25, 0.3) is 0 Å². The van der Waals surface area contributed by atoms with Crippen LogP contribution in [0.4, 0.5) is 0 Å². The molecule has 0 amide bonds. The maximum atomic E-state index is 5.91. The predicted molar refractivity (Wildman–Crippen MR) is 75.9 cm³/mol. The Morgan fingerprint density at radius 1 is 1.17 bits per heavy atom. The van der Waals surface area contributed by atoms with E-state index in [0.717, 1.165) is 31.0 Å². The van der Waals surface area contributed by atoms with Gasteiger partial charge in [0.2, 0.25) is 0 Å². The molecule has 0 N–H and O–H groups in total. The fourth-order valence-electron chi connectivity index (χ4n) is 1.50. The van der Waals surface area contributed by atoms with Crippen LogP contribution in [0, 0.1) is 0 Å². The minimum atomic E-state index is 0.231. The van der Waals surface area contributed by atoms with E-state index in [-0.39, 0.29) is 5.38 Å². The molecule has 0 bridgehead atoms. The van der Waals surface area contributed by atoms with E-state index < -0.39 is 0 Å². The molecule has 102 valence electrons. The van der Waals surface area contributed by atoms with Crippen molar-refractivity contribution in [2.24, 2.45) is 0 Å². The second-order valence-electron chi connectivity index (χ2n) is 4.40. The third-order valence-electron chi connectivity index (χ3n) is 2.71. The molecule has 1 rings (SSSR count). The number of hydrogen-bond acceptors (Lipinski definition) is 3. The molecule has 0 aliphatic heterocycles. The molecule has 1 atom stereocenters. The smallest absolute Gasteiger partial charge is 0.119 e. The van der Waals surface area contributed by atoms with Gasteiger partial charge in [-0.15, -0.1) is 11.6 Å². The van der Waals surface area contributed by atoms with Crippen LogP contribution in [0.5, 0.6) is 11.5 Å². The number of likely N-dealkylation sites (N-methyl/N-ethyl adjacent to an activating group) is 1. The van der Waals surface area contributed by atoms with Crippen molar-refractivity contribution in [3.8, 4) is 11.5 Å². The van der Waals surface area contributed by atoms with Gasteiger partial charge in [-0.25, -0.2) is 0 Å².